The number of rotatable bonds is 4. The van der Waals surface area contributed by atoms with Gasteiger partial charge in [0.05, 0.1) is 0 Å². The highest BCUT2D eigenvalue weighted by Crippen LogP contribution is 2.50. The summed E-state index contributed by atoms with van der Waals surface area (Å²) < 4.78 is 13.6. The first-order chi connectivity index (χ1) is 20.1. The Hall–Kier alpha value is -4.56. The highest BCUT2D eigenvalue weighted by atomic mass is 16.5. The van der Waals surface area contributed by atoms with Gasteiger partial charge in [-0.05, 0) is 84.6 Å². The maximum absolute atomic E-state index is 6.87. The van der Waals surface area contributed by atoms with E-state index in [2.05, 4.69) is 151 Å². The van der Waals surface area contributed by atoms with Gasteiger partial charge in [-0.1, -0.05) is 120 Å². The van der Waals surface area contributed by atoms with Crippen LogP contribution in [0.4, 0.5) is 0 Å². The second kappa shape index (κ2) is 9.49. The van der Waals surface area contributed by atoms with Gasteiger partial charge in [0.1, 0.15) is 11.5 Å². The lowest BCUT2D eigenvalue weighted by Gasteiger charge is -2.22. The van der Waals surface area contributed by atoms with Crippen LogP contribution in [0.3, 0.4) is 0 Å². The summed E-state index contributed by atoms with van der Waals surface area (Å²) in [5, 5.41) is 9.52. The fourth-order valence-electron chi connectivity index (χ4n) is 6.14. The molecule has 7 rings (SSSR count). The number of ether oxygens (including phenoxy) is 2. The van der Waals surface area contributed by atoms with E-state index in [-0.39, 0.29) is 10.8 Å². The van der Waals surface area contributed by atoms with Crippen LogP contribution >= 0.6 is 0 Å². The van der Waals surface area contributed by atoms with E-state index >= 15 is 0 Å². The Bertz CT molecular complexity index is 2060. The van der Waals surface area contributed by atoms with Crippen LogP contribution in [0.2, 0.25) is 0 Å². The lowest BCUT2D eigenvalue weighted by molar-refractivity contribution is 0.423. The predicted octanol–water partition coefficient (Wildman–Crippen LogP) is 11.9. The fraction of sp³-hybridized carbons (Fsp3) is 0.200. The molecule has 0 amide bonds. The van der Waals surface area contributed by atoms with Crippen molar-refractivity contribution in [1.82, 2.24) is 0 Å². The van der Waals surface area contributed by atoms with Crippen molar-refractivity contribution >= 4 is 43.1 Å². The molecule has 0 aliphatic carbocycles. The zero-order valence-corrected chi connectivity index (χ0v) is 25.2. The third kappa shape index (κ3) is 4.43. The molecule has 0 unspecified atom stereocenters. The van der Waals surface area contributed by atoms with E-state index in [9.17, 15) is 0 Å². The first-order valence-electron chi connectivity index (χ1n) is 14.8. The second-order valence-corrected chi connectivity index (χ2v) is 13.4. The summed E-state index contributed by atoms with van der Waals surface area (Å²) in [4.78, 5) is 0. The van der Waals surface area contributed by atoms with Crippen molar-refractivity contribution in [2.45, 2.75) is 52.4 Å². The van der Waals surface area contributed by atoms with Crippen molar-refractivity contribution in [3.63, 3.8) is 0 Å². The Kier molecular flexibility index (Phi) is 5.95. The molecule has 0 saturated carbocycles. The van der Waals surface area contributed by atoms with Gasteiger partial charge in [-0.2, -0.15) is 0 Å². The van der Waals surface area contributed by atoms with E-state index in [1.54, 1.807) is 0 Å². The maximum Gasteiger partial charge on any atom is 0.178 e. The first-order valence-corrected chi connectivity index (χ1v) is 14.8. The lowest BCUT2D eigenvalue weighted by atomic mass is 9.87. The lowest BCUT2D eigenvalue weighted by Crippen LogP contribution is -2.10. The molecule has 0 aliphatic heterocycles. The van der Waals surface area contributed by atoms with Crippen LogP contribution in [0.15, 0.2) is 109 Å². The van der Waals surface area contributed by atoms with E-state index in [1.165, 1.54) is 43.4 Å². The SMILES string of the molecule is CC(C)(C)c1ccc(Oc2cc3cccc4c5cccc6cccc(c(c2Oc2ccc(C(C)(C)C)cc2)c34)c65)cc1. The van der Waals surface area contributed by atoms with Gasteiger partial charge in [-0.3, -0.25) is 0 Å². The van der Waals surface area contributed by atoms with Crippen molar-refractivity contribution in [2.75, 3.05) is 0 Å². The van der Waals surface area contributed by atoms with E-state index in [1.807, 2.05) is 0 Å². The minimum Gasteiger partial charge on any atom is -0.453 e. The molecule has 0 heterocycles. The summed E-state index contributed by atoms with van der Waals surface area (Å²) in [5.74, 6) is 3.01. The number of fused-ring (bicyclic) bond motifs is 2. The highest BCUT2D eigenvalue weighted by molar-refractivity contribution is 6.34. The molecule has 0 N–H and O–H groups in total. The Morgan fingerprint density at radius 3 is 1.45 bits per heavy atom. The van der Waals surface area contributed by atoms with E-state index in [0.29, 0.717) is 5.75 Å². The molecule has 208 valence electrons. The number of benzene rings is 7. The zero-order valence-electron chi connectivity index (χ0n) is 25.2. The Labute approximate surface area is 247 Å². The molecular weight excluding hydrogens is 512 g/mol. The van der Waals surface area contributed by atoms with Crippen LogP contribution in [0, 0.1) is 0 Å². The molecule has 0 atom stereocenters. The summed E-state index contributed by atoms with van der Waals surface area (Å²) >= 11 is 0. The van der Waals surface area contributed by atoms with Crippen molar-refractivity contribution in [3.8, 4) is 23.0 Å². The summed E-state index contributed by atoms with van der Waals surface area (Å²) in [6, 6.07) is 38.7. The second-order valence-electron chi connectivity index (χ2n) is 13.4. The van der Waals surface area contributed by atoms with Crippen LogP contribution in [-0.4, -0.2) is 0 Å². The molecule has 0 radical (unpaired) electrons. The van der Waals surface area contributed by atoms with E-state index in [4.69, 9.17) is 9.47 Å². The van der Waals surface area contributed by atoms with Crippen molar-refractivity contribution in [3.05, 3.63) is 120 Å². The fourth-order valence-corrected chi connectivity index (χ4v) is 6.14. The average molecular weight is 549 g/mol. The molecular formula is C40H36O2. The van der Waals surface area contributed by atoms with Crippen LogP contribution in [0.5, 0.6) is 23.0 Å². The summed E-state index contributed by atoms with van der Waals surface area (Å²) in [6.07, 6.45) is 0. The van der Waals surface area contributed by atoms with Gasteiger partial charge in [0, 0.05) is 10.8 Å². The van der Waals surface area contributed by atoms with Gasteiger partial charge in [0.15, 0.2) is 11.5 Å². The molecule has 0 bridgehead atoms. The summed E-state index contributed by atoms with van der Waals surface area (Å²) in [6.45, 7) is 13.4. The quantitative estimate of drug-likeness (QED) is 0.161. The first kappa shape index (κ1) is 26.3. The third-order valence-electron chi connectivity index (χ3n) is 8.44. The van der Waals surface area contributed by atoms with Crippen molar-refractivity contribution < 1.29 is 9.47 Å². The topological polar surface area (TPSA) is 18.5 Å². The molecule has 42 heavy (non-hydrogen) atoms. The molecule has 0 spiro atoms. The minimum atomic E-state index is 0.0647. The van der Waals surface area contributed by atoms with E-state index in [0.717, 1.165) is 28.0 Å². The summed E-state index contributed by atoms with van der Waals surface area (Å²) in [7, 11) is 0. The molecule has 7 aromatic rings. The summed E-state index contributed by atoms with van der Waals surface area (Å²) in [5.41, 5.74) is 2.68. The van der Waals surface area contributed by atoms with Gasteiger partial charge in [-0.15, -0.1) is 0 Å². The number of hydrogen-bond donors (Lipinski definition) is 0. The Morgan fingerprint density at radius 2 is 0.905 bits per heavy atom. The van der Waals surface area contributed by atoms with Crippen molar-refractivity contribution in [1.29, 1.82) is 0 Å². The minimum absolute atomic E-state index is 0.0647. The molecule has 2 nitrogen and oxygen atoms in total. The van der Waals surface area contributed by atoms with Gasteiger partial charge in [0.2, 0.25) is 0 Å². The Morgan fingerprint density at radius 1 is 0.429 bits per heavy atom. The van der Waals surface area contributed by atoms with Gasteiger partial charge in [0.25, 0.3) is 0 Å². The average Bonchev–Trinajstić information content (AvgIpc) is 2.96. The van der Waals surface area contributed by atoms with E-state index < -0.39 is 0 Å². The van der Waals surface area contributed by atoms with Crippen LogP contribution in [0.1, 0.15) is 52.7 Å². The largest absolute Gasteiger partial charge is 0.453 e. The van der Waals surface area contributed by atoms with Gasteiger partial charge < -0.3 is 9.47 Å². The van der Waals surface area contributed by atoms with Gasteiger partial charge >= 0.3 is 0 Å². The molecule has 0 aliphatic rings. The Balaban J connectivity index is 1.50. The normalized spacial score (nSPS) is 12.5. The molecule has 2 heteroatoms. The zero-order chi connectivity index (χ0) is 29.2. The highest BCUT2D eigenvalue weighted by Gasteiger charge is 2.22. The molecule has 7 aromatic carbocycles. The van der Waals surface area contributed by atoms with Crippen molar-refractivity contribution in [2.24, 2.45) is 0 Å². The van der Waals surface area contributed by atoms with Crippen LogP contribution < -0.4 is 9.47 Å². The standard InChI is InChI=1S/C40H36O2/c1-39(2,3)27-16-20-29(21-17-27)41-34-24-26-12-9-14-32-31-13-7-10-25-11-8-15-33(35(25)31)37(36(26)32)38(34)42-30-22-18-28(19-23-30)40(4,5)6/h7-24H,1-6H3. The predicted molar refractivity (Wildman–Crippen MR) is 178 cm³/mol. The van der Waals surface area contributed by atoms with Crippen LogP contribution in [-0.2, 0) is 10.8 Å². The number of hydrogen-bond acceptors (Lipinski definition) is 2. The molecule has 0 saturated heterocycles. The maximum atomic E-state index is 6.87. The van der Waals surface area contributed by atoms with Gasteiger partial charge in [-0.25, -0.2) is 0 Å². The van der Waals surface area contributed by atoms with Crippen LogP contribution in [0.25, 0.3) is 43.1 Å². The third-order valence-corrected chi connectivity index (χ3v) is 8.44. The monoisotopic (exact) mass is 548 g/mol. The molecule has 0 aromatic heterocycles. The smallest absolute Gasteiger partial charge is 0.178 e. The molecule has 0 fully saturated rings.